The van der Waals surface area contributed by atoms with Crippen molar-refractivity contribution in [2.45, 2.75) is 38.6 Å². The number of nitrogens with zero attached hydrogens (tertiary/aromatic N) is 1. The zero-order chi connectivity index (χ0) is 15.2. The highest BCUT2D eigenvalue weighted by Gasteiger charge is 2.27. The molecule has 0 saturated carbocycles. The predicted octanol–water partition coefficient (Wildman–Crippen LogP) is 2.86. The number of aryl methyl sites for hydroxylation is 1. The number of carbonyl (C=O) groups excluding carboxylic acids is 2. The number of urea groups is 1. The molecule has 2 heterocycles. The van der Waals surface area contributed by atoms with Crippen LogP contribution in [0.1, 0.15) is 41.5 Å². The van der Waals surface area contributed by atoms with E-state index in [9.17, 15) is 9.59 Å². The summed E-state index contributed by atoms with van der Waals surface area (Å²) in [6, 6.07) is 4.13. The number of amides is 2. The summed E-state index contributed by atoms with van der Waals surface area (Å²) in [6.45, 7) is 2.73. The van der Waals surface area contributed by atoms with Crippen LogP contribution in [0.15, 0.2) is 12.1 Å². The highest BCUT2D eigenvalue weighted by molar-refractivity contribution is 7.12. The Morgan fingerprint density at radius 1 is 1.38 bits per heavy atom. The number of likely N-dealkylation sites (tertiary alicyclic amines) is 1. The van der Waals surface area contributed by atoms with Gasteiger partial charge in [-0.2, -0.15) is 0 Å². The monoisotopic (exact) mass is 310 g/mol. The number of methoxy groups -OCH3 is 1. The van der Waals surface area contributed by atoms with Crippen molar-refractivity contribution < 1.29 is 14.3 Å². The molecule has 0 aliphatic carbocycles. The number of thiophene rings is 1. The molecule has 1 N–H and O–H groups in total. The smallest absolute Gasteiger partial charge is 0.325 e. The number of ether oxygens (including phenoxy) is 1. The van der Waals surface area contributed by atoms with Crippen molar-refractivity contribution in [1.29, 1.82) is 0 Å². The van der Waals surface area contributed by atoms with E-state index in [2.05, 4.69) is 29.1 Å². The zero-order valence-corrected chi connectivity index (χ0v) is 13.4. The van der Waals surface area contributed by atoms with Crippen LogP contribution in [0.3, 0.4) is 0 Å². The zero-order valence-electron chi connectivity index (χ0n) is 12.6. The van der Waals surface area contributed by atoms with Crippen LogP contribution < -0.4 is 5.32 Å². The second-order valence-electron chi connectivity index (χ2n) is 5.24. The molecule has 2 amide bonds. The van der Waals surface area contributed by atoms with Crippen LogP contribution in [-0.2, 0) is 9.53 Å². The van der Waals surface area contributed by atoms with Gasteiger partial charge in [-0.1, -0.05) is 12.8 Å². The first-order valence-electron chi connectivity index (χ1n) is 7.29. The van der Waals surface area contributed by atoms with Gasteiger partial charge in [0.05, 0.1) is 13.2 Å². The van der Waals surface area contributed by atoms with Crippen LogP contribution in [0.25, 0.3) is 0 Å². The number of nitrogens with one attached hydrogen (secondary N) is 1. The van der Waals surface area contributed by atoms with E-state index in [-0.39, 0.29) is 18.6 Å². The van der Waals surface area contributed by atoms with E-state index < -0.39 is 5.97 Å². The summed E-state index contributed by atoms with van der Waals surface area (Å²) < 4.78 is 4.56. The molecule has 1 aromatic heterocycles. The predicted molar refractivity (Wildman–Crippen MR) is 82.4 cm³/mol. The van der Waals surface area contributed by atoms with E-state index in [0.29, 0.717) is 0 Å². The van der Waals surface area contributed by atoms with Gasteiger partial charge in [0.15, 0.2) is 0 Å². The van der Waals surface area contributed by atoms with E-state index >= 15 is 0 Å². The topological polar surface area (TPSA) is 58.6 Å². The van der Waals surface area contributed by atoms with Crippen molar-refractivity contribution in [3.8, 4) is 0 Å². The average Bonchev–Trinajstić information content (AvgIpc) is 2.77. The van der Waals surface area contributed by atoms with E-state index in [0.717, 1.165) is 32.2 Å². The first-order valence-corrected chi connectivity index (χ1v) is 8.11. The fourth-order valence-electron chi connectivity index (χ4n) is 2.60. The minimum absolute atomic E-state index is 0.0813. The van der Waals surface area contributed by atoms with Gasteiger partial charge in [0.1, 0.15) is 6.54 Å². The Hall–Kier alpha value is -1.56. The van der Waals surface area contributed by atoms with Gasteiger partial charge < -0.3 is 15.0 Å². The third-order valence-electron chi connectivity index (χ3n) is 3.71. The van der Waals surface area contributed by atoms with Gasteiger partial charge in [-0.3, -0.25) is 4.79 Å². The molecule has 1 aliphatic heterocycles. The van der Waals surface area contributed by atoms with Crippen molar-refractivity contribution in [3.63, 3.8) is 0 Å². The Morgan fingerprint density at radius 3 is 2.86 bits per heavy atom. The number of carbonyl (C=O) groups is 2. The molecule has 1 aromatic rings. The second-order valence-corrected chi connectivity index (χ2v) is 6.56. The third kappa shape index (κ3) is 4.20. The highest BCUT2D eigenvalue weighted by atomic mass is 32.1. The standard InChI is InChI=1S/C15H22N2O3S/c1-11-7-8-13(21-11)12-6-4-3-5-9-17(12)15(19)16-10-14(18)20-2/h7-8,12H,3-6,9-10H2,1-2H3,(H,16,19)/t12-/m1/s1. The number of hydrogen-bond donors (Lipinski definition) is 1. The Balaban J connectivity index is 2.08. The maximum Gasteiger partial charge on any atom is 0.325 e. The quantitative estimate of drug-likeness (QED) is 0.873. The fourth-order valence-corrected chi connectivity index (χ4v) is 3.63. The summed E-state index contributed by atoms with van der Waals surface area (Å²) in [5, 5.41) is 2.65. The number of rotatable bonds is 3. The molecular formula is C15H22N2O3S. The molecule has 0 aromatic carbocycles. The maximum atomic E-state index is 12.4. The molecule has 21 heavy (non-hydrogen) atoms. The third-order valence-corrected chi connectivity index (χ3v) is 4.82. The molecule has 116 valence electrons. The summed E-state index contributed by atoms with van der Waals surface area (Å²) in [6.07, 6.45) is 4.25. The number of hydrogen-bond acceptors (Lipinski definition) is 4. The lowest BCUT2D eigenvalue weighted by molar-refractivity contribution is -0.139. The van der Waals surface area contributed by atoms with Crippen LogP contribution in [0, 0.1) is 6.92 Å². The van der Waals surface area contributed by atoms with E-state index in [1.807, 2.05) is 4.90 Å². The molecule has 6 heteroatoms. The number of esters is 1. The highest BCUT2D eigenvalue weighted by Crippen LogP contribution is 2.34. The van der Waals surface area contributed by atoms with Crippen molar-refractivity contribution in [1.82, 2.24) is 10.2 Å². The van der Waals surface area contributed by atoms with Crippen LogP contribution >= 0.6 is 11.3 Å². The molecule has 2 rings (SSSR count). The Kier molecular flexibility index (Phi) is 5.61. The molecule has 5 nitrogen and oxygen atoms in total. The van der Waals surface area contributed by atoms with E-state index in [4.69, 9.17) is 0 Å². The molecule has 0 radical (unpaired) electrons. The summed E-state index contributed by atoms with van der Waals surface area (Å²) in [4.78, 5) is 27.9. The minimum Gasteiger partial charge on any atom is -0.468 e. The van der Waals surface area contributed by atoms with Gasteiger partial charge in [0, 0.05) is 16.3 Å². The molecule has 1 atom stereocenters. The Morgan fingerprint density at radius 2 is 2.19 bits per heavy atom. The van der Waals surface area contributed by atoms with Gasteiger partial charge in [-0.15, -0.1) is 11.3 Å². The normalized spacial score (nSPS) is 19.0. The summed E-state index contributed by atoms with van der Waals surface area (Å²) >= 11 is 1.74. The van der Waals surface area contributed by atoms with Crippen LogP contribution in [0.5, 0.6) is 0 Å². The van der Waals surface area contributed by atoms with Crippen molar-refractivity contribution in [2.24, 2.45) is 0 Å². The summed E-state index contributed by atoms with van der Waals surface area (Å²) in [5.41, 5.74) is 0. The maximum absolute atomic E-state index is 12.4. The van der Waals surface area contributed by atoms with Crippen molar-refractivity contribution >= 4 is 23.3 Å². The fraction of sp³-hybridized carbons (Fsp3) is 0.600. The Labute approximate surface area is 129 Å². The van der Waals surface area contributed by atoms with Crippen LogP contribution in [0.4, 0.5) is 4.79 Å². The molecule has 0 spiro atoms. The average molecular weight is 310 g/mol. The largest absolute Gasteiger partial charge is 0.468 e. The molecule has 1 fully saturated rings. The molecule has 0 bridgehead atoms. The van der Waals surface area contributed by atoms with Gasteiger partial charge >= 0.3 is 12.0 Å². The SMILES string of the molecule is COC(=O)CNC(=O)N1CCCCC[C@@H]1c1ccc(C)s1. The lowest BCUT2D eigenvalue weighted by Crippen LogP contribution is -2.43. The van der Waals surface area contributed by atoms with Crippen molar-refractivity contribution in [2.75, 3.05) is 20.2 Å². The van der Waals surface area contributed by atoms with Gasteiger partial charge in [-0.25, -0.2) is 4.79 Å². The first kappa shape index (κ1) is 15.8. The summed E-state index contributed by atoms with van der Waals surface area (Å²) in [7, 11) is 1.32. The summed E-state index contributed by atoms with van der Waals surface area (Å²) in [5.74, 6) is -0.429. The van der Waals surface area contributed by atoms with Crippen LogP contribution in [0.2, 0.25) is 0 Å². The van der Waals surface area contributed by atoms with E-state index in [1.54, 1.807) is 11.3 Å². The van der Waals surface area contributed by atoms with Crippen LogP contribution in [-0.4, -0.2) is 37.1 Å². The molecular weight excluding hydrogens is 288 g/mol. The van der Waals surface area contributed by atoms with Gasteiger partial charge in [0.25, 0.3) is 0 Å². The lowest BCUT2D eigenvalue weighted by atomic mass is 10.1. The molecule has 0 unspecified atom stereocenters. The van der Waals surface area contributed by atoms with Crippen molar-refractivity contribution in [3.05, 3.63) is 21.9 Å². The Bertz CT molecular complexity index is 501. The second kappa shape index (κ2) is 7.45. The van der Waals surface area contributed by atoms with Gasteiger partial charge in [0.2, 0.25) is 0 Å². The van der Waals surface area contributed by atoms with E-state index in [1.165, 1.54) is 16.9 Å². The molecule has 1 aliphatic rings. The lowest BCUT2D eigenvalue weighted by Gasteiger charge is -2.29. The molecule has 1 saturated heterocycles. The van der Waals surface area contributed by atoms with Gasteiger partial charge in [-0.05, 0) is 31.9 Å². The minimum atomic E-state index is -0.429. The first-order chi connectivity index (χ1) is 10.1.